The summed E-state index contributed by atoms with van der Waals surface area (Å²) in [7, 11) is 1.49. The van der Waals surface area contributed by atoms with E-state index in [2.05, 4.69) is 17.2 Å². The van der Waals surface area contributed by atoms with E-state index in [1.54, 1.807) is 0 Å². The van der Waals surface area contributed by atoms with Crippen LogP contribution in [0.15, 0.2) is 54.6 Å². The van der Waals surface area contributed by atoms with Crippen molar-refractivity contribution in [3.63, 3.8) is 0 Å². The zero-order valence-electron chi connectivity index (χ0n) is 11.2. The smallest absolute Gasteiger partial charge is 0.250 e. The molecule has 0 aliphatic heterocycles. The summed E-state index contributed by atoms with van der Waals surface area (Å²) in [6.45, 7) is 0.0416. The molecular formula is C17H15NO2. The minimum atomic E-state index is -0.180. The van der Waals surface area contributed by atoms with Crippen molar-refractivity contribution in [2.45, 2.75) is 0 Å². The summed E-state index contributed by atoms with van der Waals surface area (Å²) >= 11 is 0. The van der Waals surface area contributed by atoms with Crippen molar-refractivity contribution >= 4 is 11.6 Å². The molecule has 2 rings (SSSR count). The van der Waals surface area contributed by atoms with Gasteiger partial charge >= 0.3 is 0 Å². The second-order valence-corrected chi connectivity index (χ2v) is 4.18. The molecule has 0 fully saturated rings. The Morgan fingerprint density at radius 2 is 1.75 bits per heavy atom. The monoisotopic (exact) mass is 265 g/mol. The highest BCUT2D eigenvalue weighted by molar-refractivity contribution is 5.91. The van der Waals surface area contributed by atoms with Gasteiger partial charge in [-0.15, -0.1) is 0 Å². The maximum Gasteiger partial charge on any atom is 0.250 e. The second kappa shape index (κ2) is 7.13. The van der Waals surface area contributed by atoms with Crippen molar-refractivity contribution in [3.05, 3.63) is 65.7 Å². The third kappa shape index (κ3) is 4.27. The first-order chi connectivity index (χ1) is 9.78. The minimum absolute atomic E-state index is 0.0416. The summed E-state index contributed by atoms with van der Waals surface area (Å²) in [5.74, 6) is 5.97. The van der Waals surface area contributed by atoms with Crippen LogP contribution in [0.2, 0.25) is 0 Å². The molecule has 0 saturated heterocycles. The molecule has 3 nitrogen and oxygen atoms in total. The molecule has 0 aliphatic rings. The Morgan fingerprint density at radius 1 is 1.05 bits per heavy atom. The number of ether oxygens (including phenoxy) is 1. The lowest BCUT2D eigenvalue weighted by Gasteiger charge is -2.04. The van der Waals surface area contributed by atoms with Crippen molar-refractivity contribution in [1.29, 1.82) is 0 Å². The molecule has 1 amide bonds. The fourth-order valence-corrected chi connectivity index (χ4v) is 1.67. The van der Waals surface area contributed by atoms with Gasteiger partial charge in [-0.3, -0.25) is 4.79 Å². The first kappa shape index (κ1) is 13.9. The fourth-order valence-electron chi connectivity index (χ4n) is 1.67. The third-order valence-corrected chi connectivity index (χ3v) is 2.55. The predicted molar refractivity (Wildman–Crippen MR) is 79.4 cm³/mol. The number of hydrogen-bond donors (Lipinski definition) is 1. The Bertz CT molecular complexity index is 639. The number of carbonyl (C=O) groups excluding carboxylic acids is 1. The van der Waals surface area contributed by atoms with Gasteiger partial charge in [-0.1, -0.05) is 36.1 Å². The zero-order valence-corrected chi connectivity index (χ0v) is 11.2. The number of hydrogen-bond acceptors (Lipinski definition) is 2. The minimum Gasteiger partial charge on any atom is -0.375 e. The van der Waals surface area contributed by atoms with Crippen molar-refractivity contribution < 1.29 is 9.53 Å². The van der Waals surface area contributed by atoms with Crippen molar-refractivity contribution in [1.82, 2.24) is 0 Å². The number of rotatable bonds is 3. The van der Waals surface area contributed by atoms with Gasteiger partial charge in [0.05, 0.1) is 0 Å². The lowest BCUT2D eigenvalue weighted by Crippen LogP contribution is -2.17. The van der Waals surface area contributed by atoms with Gasteiger partial charge in [0, 0.05) is 23.9 Å². The Balaban J connectivity index is 2.11. The first-order valence-electron chi connectivity index (χ1n) is 6.24. The predicted octanol–water partition coefficient (Wildman–Crippen LogP) is 2.67. The molecule has 2 aromatic rings. The van der Waals surface area contributed by atoms with Crippen LogP contribution in [-0.4, -0.2) is 19.6 Å². The molecule has 0 aromatic heterocycles. The number of methoxy groups -OCH3 is 1. The van der Waals surface area contributed by atoms with Crippen LogP contribution in [-0.2, 0) is 9.53 Å². The van der Waals surface area contributed by atoms with Gasteiger partial charge in [-0.2, -0.15) is 0 Å². The number of anilines is 1. The van der Waals surface area contributed by atoms with E-state index in [9.17, 15) is 4.79 Å². The quantitative estimate of drug-likeness (QED) is 0.866. The largest absolute Gasteiger partial charge is 0.375 e. The van der Waals surface area contributed by atoms with Crippen LogP contribution < -0.4 is 5.32 Å². The van der Waals surface area contributed by atoms with Crippen LogP contribution >= 0.6 is 0 Å². The standard InChI is InChI=1S/C17H15NO2/c1-20-13-17(19)18-16-9-5-8-15(12-16)11-10-14-6-3-2-4-7-14/h2-9,12H,13H2,1H3,(H,18,19). The average Bonchev–Trinajstić information content (AvgIpc) is 2.47. The van der Waals surface area contributed by atoms with Crippen molar-refractivity contribution in [2.24, 2.45) is 0 Å². The van der Waals surface area contributed by atoms with Crippen molar-refractivity contribution in [2.75, 3.05) is 19.0 Å². The van der Waals surface area contributed by atoms with E-state index in [4.69, 9.17) is 4.74 Å². The summed E-state index contributed by atoms with van der Waals surface area (Å²) in [5, 5.41) is 2.75. The molecule has 3 heteroatoms. The second-order valence-electron chi connectivity index (χ2n) is 4.18. The van der Waals surface area contributed by atoms with E-state index in [0.717, 1.165) is 11.1 Å². The fraction of sp³-hybridized carbons (Fsp3) is 0.118. The molecule has 0 heterocycles. The van der Waals surface area contributed by atoms with Crippen LogP contribution in [0, 0.1) is 11.8 Å². The molecule has 0 saturated carbocycles. The molecule has 0 radical (unpaired) electrons. The maximum absolute atomic E-state index is 11.4. The average molecular weight is 265 g/mol. The Hall–Kier alpha value is -2.57. The molecular weight excluding hydrogens is 250 g/mol. The maximum atomic E-state index is 11.4. The van der Waals surface area contributed by atoms with Crippen LogP contribution in [0.3, 0.4) is 0 Å². The summed E-state index contributed by atoms with van der Waals surface area (Å²) in [6.07, 6.45) is 0. The first-order valence-corrected chi connectivity index (χ1v) is 6.24. The van der Waals surface area contributed by atoms with Crippen molar-refractivity contribution in [3.8, 4) is 11.8 Å². The molecule has 0 aliphatic carbocycles. The number of nitrogens with one attached hydrogen (secondary N) is 1. The third-order valence-electron chi connectivity index (χ3n) is 2.55. The van der Waals surface area contributed by atoms with Gasteiger partial charge < -0.3 is 10.1 Å². The Labute approximate surface area is 118 Å². The van der Waals surface area contributed by atoms with Gasteiger partial charge in [-0.05, 0) is 30.3 Å². The van der Waals surface area contributed by atoms with Gasteiger partial charge in [0.25, 0.3) is 0 Å². The van der Waals surface area contributed by atoms with E-state index < -0.39 is 0 Å². The van der Waals surface area contributed by atoms with E-state index in [-0.39, 0.29) is 12.5 Å². The van der Waals surface area contributed by atoms with Crippen LogP contribution in [0.4, 0.5) is 5.69 Å². The van der Waals surface area contributed by atoms with Gasteiger partial charge in [0.1, 0.15) is 6.61 Å². The topological polar surface area (TPSA) is 38.3 Å². The lowest BCUT2D eigenvalue weighted by atomic mass is 10.1. The number of benzene rings is 2. The summed E-state index contributed by atoms with van der Waals surface area (Å²) in [6, 6.07) is 17.2. The SMILES string of the molecule is COCC(=O)Nc1cccc(C#Cc2ccccc2)c1. The van der Waals surface area contributed by atoms with Crippen LogP contribution in [0.1, 0.15) is 11.1 Å². The van der Waals surface area contributed by atoms with E-state index in [1.807, 2.05) is 54.6 Å². The molecule has 0 bridgehead atoms. The molecule has 1 N–H and O–H groups in total. The van der Waals surface area contributed by atoms with Gasteiger partial charge in [0.15, 0.2) is 0 Å². The van der Waals surface area contributed by atoms with E-state index >= 15 is 0 Å². The molecule has 0 atom stereocenters. The molecule has 2 aromatic carbocycles. The van der Waals surface area contributed by atoms with E-state index in [0.29, 0.717) is 5.69 Å². The normalized spacial score (nSPS) is 9.45. The Kier molecular flexibility index (Phi) is 4.94. The summed E-state index contributed by atoms with van der Waals surface area (Å²) in [5.41, 5.74) is 2.53. The molecule has 0 spiro atoms. The molecule has 0 unspecified atom stereocenters. The van der Waals surface area contributed by atoms with Crippen LogP contribution in [0.5, 0.6) is 0 Å². The number of carbonyl (C=O) groups is 1. The van der Waals surface area contributed by atoms with Gasteiger partial charge in [-0.25, -0.2) is 0 Å². The highest BCUT2D eigenvalue weighted by Gasteiger charge is 2.00. The Morgan fingerprint density at radius 3 is 2.50 bits per heavy atom. The highest BCUT2D eigenvalue weighted by atomic mass is 16.5. The molecule has 20 heavy (non-hydrogen) atoms. The zero-order chi connectivity index (χ0) is 14.2. The summed E-state index contributed by atoms with van der Waals surface area (Å²) < 4.78 is 4.77. The summed E-state index contributed by atoms with van der Waals surface area (Å²) in [4.78, 5) is 11.4. The van der Waals surface area contributed by atoms with Gasteiger partial charge in [0.2, 0.25) is 5.91 Å². The number of amides is 1. The van der Waals surface area contributed by atoms with E-state index in [1.165, 1.54) is 7.11 Å². The van der Waals surface area contributed by atoms with Crippen LogP contribution in [0.25, 0.3) is 0 Å². The molecule has 100 valence electrons. The highest BCUT2D eigenvalue weighted by Crippen LogP contribution is 2.10. The lowest BCUT2D eigenvalue weighted by molar-refractivity contribution is -0.119.